The first-order valence-corrected chi connectivity index (χ1v) is 8.58. The zero-order valence-electron chi connectivity index (χ0n) is 12.8. The van der Waals surface area contributed by atoms with E-state index in [-0.39, 0.29) is 6.10 Å². The number of hydrogen-bond acceptors (Lipinski definition) is 6. The summed E-state index contributed by atoms with van der Waals surface area (Å²) in [5, 5.41) is 8.73. The van der Waals surface area contributed by atoms with Crippen molar-refractivity contribution in [1.29, 1.82) is 0 Å². The molecule has 0 saturated carbocycles. The first-order chi connectivity index (χ1) is 10.6. The molecule has 0 spiro atoms. The van der Waals surface area contributed by atoms with Gasteiger partial charge in [0.2, 0.25) is 5.13 Å². The predicted molar refractivity (Wildman–Crippen MR) is 92.4 cm³/mol. The summed E-state index contributed by atoms with van der Waals surface area (Å²) in [6.07, 6.45) is 0.270. The number of morpholine rings is 1. The van der Waals surface area contributed by atoms with Crippen molar-refractivity contribution in [3.05, 3.63) is 33.8 Å². The second-order valence-electron chi connectivity index (χ2n) is 5.56. The van der Waals surface area contributed by atoms with Crippen molar-refractivity contribution < 1.29 is 4.74 Å². The van der Waals surface area contributed by atoms with Gasteiger partial charge in [0.05, 0.1) is 19.4 Å². The summed E-state index contributed by atoms with van der Waals surface area (Å²) in [6, 6.07) is 8.25. The van der Waals surface area contributed by atoms with Gasteiger partial charge >= 0.3 is 0 Å². The number of benzene rings is 1. The molecule has 0 aliphatic carbocycles. The van der Waals surface area contributed by atoms with Gasteiger partial charge < -0.3 is 10.1 Å². The van der Waals surface area contributed by atoms with E-state index in [0.29, 0.717) is 0 Å². The number of aromatic nitrogens is 2. The Balaban J connectivity index is 1.68. The predicted octanol–water partition coefficient (Wildman–Crippen LogP) is 3.40. The minimum absolute atomic E-state index is 0.270. The van der Waals surface area contributed by atoms with Crippen molar-refractivity contribution in [1.82, 2.24) is 14.7 Å². The van der Waals surface area contributed by atoms with Crippen molar-refractivity contribution >= 4 is 34.4 Å². The van der Waals surface area contributed by atoms with Crippen LogP contribution in [0.4, 0.5) is 10.8 Å². The minimum atomic E-state index is 0.270. The molecule has 2 heterocycles. The monoisotopic (exact) mass is 336 g/mol. The van der Waals surface area contributed by atoms with Crippen LogP contribution in [0.15, 0.2) is 24.3 Å². The lowest BCUT2D eigenvalue weighted by Crippen LogP contribution is -2.42. The Morgan fingerprint density at radius 1 is 1.41 bits per heavy atom. The molecule has 5 nitrogen and oxygen atoms in total. The van der Waals surface area contributed by atoms with E-state index < -0.39 is 0 Å². The molecule has 118 valence electrons. The van der Waals surface area contributed by atoms with E-state index in [0.717, 1.165) is 41.1 Å². The zero-order valence-corrected chi connectivity index (χ0v) is 14.4. The third-order valence-electron chi connectivity index (χ3n) is 3.57. The van der Waals surface area contributed by atoms with Crippen molar-refractivity contribution in [3.63, 3.8) is 0 Å². The maximum absolute atomic E-state index is 5.56. The standard InChI is InChI=1S/C15H20N4OS2/c1-11-3-5-13(6-4-11)16-14-17-19(15(21)22-14)10-18-7-8-20-12(2)9-18/h3-6,12H,7-10H2,1-2H3,(H,16,17). The smallest absolute Gasteiger partial charge is 0.209 e. The number of rotatable bonds is 4. The van der Waals surface area contributed by atoms with Gasteiger partial charge in [-0.05, 0) is 38.2 Å². The Hall–Kier alpha value is -1.28. The highest BCUT2D eigenvalue weighted by Gasteiger charge is 2.17. The summed E-state index contributed by atoms with van der Waals surface area (Å²) in [5.74, 6) is 0. The van der Waals surface area contributed by atoms with E-state index in [2.05, 4.69) is 41.3 Å². The number of aryl methyl sites for hydroxylation is 1. The van der Waals surface area contributed by atoms with Gasteiger partial charge in [-0.1, -0.05) is 29.0 Å². The van der Waals surface area contributed by atoms with Crippen LogP contribution in [0.3, 0.4) is 0 Å². The average molecular weight is 336 g/mol. The molecule has 1 aliphatic rings. The first-order valence-electron chi connectivity index (χ1n) is 7.36. The third kappa shape index (κ3) is 3.92. The highest BCUT2D eigenvalue weighted by atomic mass is 32.1. The summed E-state index contributed by atoms with van der Waals surface area (Å²) in [7, 11) is 0. The minimum Gasteiger partial charge on any atom is -0.376 e. The van der Waals surface area contributed by atoms with E-state index >= 15 is 0 Å². The van der Waals surface area contributed by atoms with Crippen molar-refractivity contribution in [2.45, 2.75) is 26.6 Å². The maximum Gasteiger partial charge on any atom is 0.209 e. The zero-order chi connectivity index (χ0) is 15.5. The molecule has 2 aromatic rings. The average Bonchev–Trinajstić information content (AvgIpc) is 2.81. The molecular formula is C15H20N4OS2. The van der Waals surface area contributed by atoms with Gasteiger partial charge in [0, 0.05) is 18.8 Å². The third-order valence-corrected chi connectivity index (χ3v) is 4.79. The molecule has 1 saturated heterocycles. The maximum atomic E-state index is 5.56. The highest BCUT2D eigenvalue weighted by molar-refractivity contribution is 7.73. The van der Waals surface area contributed by atoms with Crippen LogP contribution in [-0.4, -0.2) is 40.5 Å². The van der Waals surface area contributed by atoms with Crippen LogP contribution in [0.25, 0.3) is 0 Å². The molecule has 3 rings (SSSR count). The van der Waals surface area contributed by atoms with Gasteiger partial charge in [-0.2, -0.15) is 0 Å². The fourth-order valence-electron chi connectivity index (χ4n) is 2.41. The SMILES string of the molecule is Cc1ccc(Nc2nn(CN3CCOC(C)C3)c(=S)s2)cc1. The highest BCUT2D eigenvalue weighted by Crippen LogP contribution is 2.21. The Morgan fingerprint density at radius 3 is 2.91 bits per heavy atom. The van der Waals surface area contributed by atoms with Crippen LogP contribution >= 0.6 is 23.6 Å². The molecular weight excluding hydrogens is 316 g/mol. The number of nitrogens with zero attached hydrogens (tertiary/aromatic N) is 3. The van der Waals surface area contributed by atoms with E-state index in [1.54, 1.807) is 0 Å². The number of hydrogen-bond donors (Lipinski definition) is 1. The lowest BCUT2D eigenvalue weighted by Gasteiger charge is -2.30. The van der Waals surface area contributed by atoms with Gasteiger partial charge in [-0.15, -0.1) is 5.10 Å². The van der Waals surface area contributed by atoms with E-state index in [1.807, 2.05) is 16.8 Å². The quantitative estimate of drug-likeness (QED) is 0.867. The lowest BCUT2D eigenvalue weighted by molar-refractivity contribution is -0.0305. The van der Waals surface area contributed by atoms with Gasteiger partial charge in [-0.3, -0.25) is 4.90 Å². The Bertz CT molecular complexity index is 680. The normalized spacial score (nSPS) is 19.3. The van der Waals surface area contributed by atoms with Crippen LogP contribution < -0.4 is 5.32 Å². The van der Waals surface area contributed by atoms with Crippen LogP contribution in [-0.2, 0) is 11.4 Å². The molecule has 1 fully saturated rings. The van der Waals surface area contributed by atoms with Crippen LogP contribution in [0.1, 0.15) is 12.5 Å². The van der Waals surface area contributed by atoms with Crippen LogP contribution in [0.2, 0.25) is 0 Å². The summed E-state index contributed by atoms with van der Waals surface area (Å²) < 4.78 is 8.23. The fraction of sp³-hybridized carbons (Fsp3) is 0.467. The van der Waals surface area contributed by atoms with Gasteiger partial charge in [0.25, 0.3) is 0 Å². The summed E-state index contributed by atoms with van der Waals surface area (Å²) in [4.78, 5) is 2.32. The van der Waals surface area contributed by atoms with E-state index in [1.165, 1.54) is 16.9 Å². The summed E-state index contributed by atoms with van der Waals surface area (Å²) in [6.45, 7) is 7.50. The molecule has 7 heteroatoms. The van der Waals surface area contributed by atoms with Crippen molar-refractivity contribution in [2.24, 2.45) is 0 Å². The second kappa shape index (κ2) is 6.87. The van der Waals surface area contributed by atoms with E-state index in [4.69, 9.17) is 17.0 Å². The molecule has 0 bridgehead atoms. The Labute approximate surface area is 139 Å². The van der Waals surface area contributed by atoms with Crippen molar-refractivity contribution in [2.75, 3.05) is 25.0 Å². The van der Waals surface area contributed by atoms with Crippen LogP contribution in [0, 0.1) is 10.9 Å². The fourth-order valence-corrected chi connectivity index (χ4v) is 3.43. The molecule has 1 N–H and O–H groups in total. The Morgan fingerprint density at radius 2 is 2.18 bits per heavy atom. The molecule has 1 aliphatic heterocycles. The van der Waals surface area contributed by atoms with Gasteiger partial charge in [0.15, 0.2) is 3.95 Å². The number of anilines is 2. The molecule has 0 radical (unpaired) electrons. The number of ether oxygens (including phenoxy) is 1. The molecule has 0 amide bonds. The van der Waals surface area contributed by atoms with Gasteiger partial charge in [-0.25, -0.2) is 4.68 Å². The lowest BCUT2D eigenvalue weighted by atomic mass is 10.2. The summed E-state index contributed by atoms with van der Waals surface area (Å²) in [5.41, 5.74) is 2.27. The van der Waals surface area contributed by atoms with Gasteiger partial charge in [0.1, 0.15) is 0 Å². The van der Waals surface area contributed by atoms with E-state index in [9.17, 15) is 0 Å². The Kier molecular flexibility index (Phi) is 4.87. The largest absolute Gasteiger partial charge is 0.376 e. The molecule has 1 unspecified atom stereocenters. The summed E-state index contributed by atoms with van der Waals surface area (Å²) >= 11 is 6.93. The first kappa shape index (κ1) is 15.6. The van der Waals surface area contributed by atoms with Crippen molar-refractivity contribution in [3.8, 4) is 0 Å². The molecule has 1 aromatic carbocycles. The molecule has 1 aromatic heterocycles. The molecule has 1 atom stereocenters. The second-order valence-corrected chi connectivity index (χ2v) is 7.19. The number of nitrogens with one attached hydrogen (secondary N) is 1. The topological polar surface area (TPSA) is 42.3 Å². The van der Waals surface area contributed by atoms with Crippen LogP contribution in [0.5, 0.6) is 0 Å². The molecule has 22 heavy (non-hydrogen) atoms.